The van der Waals surface area contributed by atoms with E-state index in [0.717, 1.165) is 11.4 Å². The summed E-state index contributed by atoms with van der Waals surface area (Å²) in [5.74, 6) is 0.502. The Bertz CT molecular complexity index is 682. The van der Waals surface area contributed by atoms with Crippen LogP contribution < -0.4 is 4.90 Å². The van der Waals surface area contributed by atoms with E-state index in [0.29, 0.717) is 38.4 Å². The number of anilines is 1. The quantitative estimate of drug-likeness (QED) is 0.864. The van der Waals surface area contributed by atoms with Crippen LogP contribution in [0.5, 0.6) is 0 Å². The Morgan fingerprint density at radius 1 is 1.21 bits per heavy atom. The van der Waals surface area contributed by atoms with Crippen LogP contribution in [0.3, 0.4) is 0 Å². The van der Waals surface area contributed by atoms with E-state index in [2.05, 4.69) is 4.98 Å². The van der Waals surface area contributed by atoms with E-state index in [-0.39, 0.29) is 11.7 Å². The summed E-state index contributed by atoms with van der Waals surface area (Å²) in [4.78, 5) is 20.5. The molecule has 1 saturated heterocycles. The normalized spacial score (nSPS) is 14.5. The van der Waals surface area contributed by atoms with Gasteiger partial charge in [0.15, 0.2) is 0 Å². The Morgan fingerprint density at radius 3 is 2.54 bits per heavy atom. The summed E-state index contributed by atoms with van der Waals surface area (Å²) in [5, 5.41) is 0. The second-order valence-corrected chi connectivity index (χ2v) is 5.79. The van der Waals surface area contributed by atoms with Crippen LogP contribution in [0.4, 0.5) is 10.2 Å². The lowest BCUT2D eigenvalue weighted by Crippen LogP contribution is -2.40. The van der Waals surface area contributed by atoms with Gasteiger partial charge in [0.1, 0.15) is 11.6 Å². The molecule has 0 atom stereocenters. The lowest BCUT2D eigenvalue weighted by Gasteiger charge is -2.27. The summed E-state index contributed by atoms with van der Waals surface area (Å²) >= 11 is 0. The van der Waals surface area contributed by atoms with Crippen molar-refractivity contribution in [1.82, 2.24) is 9.88 Å². The minimum atomic E-state index is -0.245. The fourth-order valence-corrected chi connectivity index (χ4v) is 2.63. The molecule has 1 amide bonds. The summed E-state index contributed by atoms with van der Waals surface area (Å²) in [7, 11) is 1.91. The van der Waals surface area contributed by atoms with Gasteiger partial charge in [-0.1, -0.05) is 12.1 Å². The number of nitrogens with zero attached hydrogens (tertiary/aromatic N) is 3. The van der Waals surface area contributed by atoms with Gasteiger partial charge < -0.3 is 14.5 Å². The summed E-state index contributed by atoms with van der Waals surface area (Å²) < 4.78 is 18.2. The predicted molar refractivity (Wildman–Crippen MR) is 89.5 cm³/mol. The van der Waals surface area contributed by atoms with E-state index in [1.165, 1.54) is 12.1 Å². The molecule has 0 aliphatic carbocycles. The van der Waals surface area contributed by atoms with Crippen LogP contribution in [0.2, 0.25) is 0 Å². The SMILES string of the molecule is CN(Cc1ccc(F)cc1)c1ccc(C(=O)N2CCOCC2)cn1. The van der Waals surface area contributed by atoms with Crippen molar-refractivity contribution in [2.45, 2.75) is 6.54 Å². The topological polar surface area (TPSA) is 45.7 Å². The number of aromatic nitrogens is 1. The average Bonchev–Trinajstić information content (AvgIpc) is 2.64. The summed E-state index contributed by atoms with van der Waals surface area (Å²) in [5.41, 5.74) is 1.57. The Balaban J connectivity index is 1.64. The highest BCUT2D eigenvalue weighted by molar-refractivity contribution is 5.94. The Kier molecular flexibility index (Phi) is 5.05. The van der Waals surface area contributed by atoms with Crippen LogP contribution >= 0.6 is 0 Å². The summed E-state index contributed by atoms with van der Waals surface area (Å²) in [6.45, 7) is 3.01. The van der Waals surface area contributed by atoms with Gasteiger partial charge in [0.2, 0.25) is 0 Å². The van der Waals surface area contributed by atoms with E-state index in [4.69, 9.17) is 4.74 Å². The van der Waals surface area contributed by atoms with Crippen molar-refractivity contribution < 1.29 is 13.9 Å². The van der Waals surface area contributed by atoms with Crippen LogP contribution in [-0.4, -0.2) is 49.1 Å². The molecule has 24 heavy (non-hydrogen) atoms. The lowest BCUT2D eigenvalue weighted by atomic mass is 10.2. The van der Waals surface area contributed by atoms with Crippen molar-refractivity contribution in [3.63, 3.8) is 0 Å². The van der Waals surface area contributed by atoms with Gasteiger partial charge in [-0.05, 0) is 29.8 Å². The molecule has 2 heterocycles. The maximum Gasteiger partial charge on any atom is 0.255 e. The molecular weight excluding hydrogens is 309 g/mol. The fourth-order valence-electron chi connectivity index (χ4n) is 2.63. The molecule has 6 heteroatoms. The van der Waals surface area contributed by atoms with Crippen molar-refractivity contribution in [2.75, 3.05) is 38.3 Å². The predicted octanol–water partition coefficient (Wildman–Crippen LogP) is 2.33. The second kappa shape index (κ2) is 7.40. The summed E-state index contributed by atoms with van der Waals surface area (Å²) in [6.07, 6.45) is 1.61. The van der Waals surface area contributed by atoms with Crippen LogP contribution in [-0.2, 0) is 11.3 Å². The second-order valence-electron chi connectivity index (χ2n) is 5.79. The monoisotopic (exact) mass is 329 g/mol. The Labute approximate surface area is 140 Å². The number of morpholine rings is 1. The van der Waals surface area contributed by atoms with E-state index >= 15 is 0 Å². The van der Waals surface area contributed by atoms with Crippen molar-refractivity contribution in [3.8, 4) is 0 Å². The van der Waals surface area contributed by atoms with Crippen molar-refractivity contribution in [3.05, 3.63) is 59.5 Å². The molecule has 1 aliphatic rings. The molecule has 126 valence electrons. The van der Waals surface area contributed by atoms with Gasteiger partial charge in [-0.25, -0.2) is 9.37 Å². The van der Waals surface area contributed by atoms with Gasteiger partial charge in [-0.2, -0.15) is 0 Å². The first-order chi connectivity index (χ1) is 11.6. The number of halogens is 1. The van der Waals surface area contributed by atoms with Crippen LogP contribution in [0.1, 0.15) is 15.9 Å². The molecule has 3 rings (SSSR count). The van der Waals surface area contributed by atoms with Gasteiger partial charge in [0.05, 0.1) is 18.8 Å². The standard InChI is InChI=1S/C18H20FN3O2/c1-21(13-14-2-5-16(19)6-3-14)17-7-4-15(12-20-17)18(23)22-8-10-24-11-9-22/h2-7,12H,8-11,13H2,1H3. The van der Waals surface area contributed by atoms with E-state index in [1.54, 1.807) is 29.3 Å². The van der Waals surface area contributed by atoms with Gasteiger partial charge >= 0.3 is 0 Å². The van der Waals surface area contributed by atoms with Crippen LogP contribution in [0.25, 0.3) is 0 Å². The maximum absolute atomic E-state index is 13.0. The van der Waals surface area contributed by atoms with Gasteiger partial charge in [0, 0.05) is 32.9 Å². The molecule has 0 N–H and O–H groups in total. The van der Waals surface area contributed by atoms with Crippen molar-refractivity contribution >= 4 is 11.7 Å². The number of carbonyl (C=O) groups excluding carboxylic acids is 1. The molecule has 1 aromatic carbocycles. The third-order valence-electron chi connectivity index (χ3n) is 4.02. The minimum absolute atomic E-state index is 0.0152. The fraction of sp³-hybridized carbons (Fsp3) is 0.333. The van der Waals surface area contributed by atoms with E-state index in [9.17, 15) is 9.18 Å². The van der Waals surface area contributed by atoms with Gasteiger partial charge in [-0.3, -0.25) is 4.79 Å². The minimum Gasteiger partial charge on any atom is -0.378 e. The zero-order valence-electron chi connectivity index (χ0n) is 13.6. The Morgan fingerprint density at radius 2 is 1.92 bits per heavy atom. The first kappa shape index (κ1) is 16.4. The molecule has 0 unspecified atom stereocenters. The summed E-state index contributed by atoms with van der Waals surface area (Å²) in [6, 6.07) is 10.0. The van der Waals surface area contributed by atoms with E-state index < -0.39 is 0 Å². The van der Waals surface area contributed by atoms with E-state index in [1.807, 2.05) is 18.0 Å². The molecule has 0 radical (unpaired) electrons. The molecule has 1 aliphatic heterocycles. The zero-order valence-corrected chi connectivity index (χ0v) is 13.6. The molecule has 1 aromatic heterocycles. The van der Waals surface area contributed by atoms with Gasteiger partial charge in [-0.15, -0.1) is 0 Å². The zero-order chi connectivity index (χ0) is 16.9. The van der Waals surface area contributed by atoms with Gasteiger partial charge in [0.25, 0.3) is 5.91 Å². The highest BCUT2D eigenvalue weighted by atomic mass is 19.1. The number of hydrogen-bond acceptors (Lipinski definition) is 4. The molecule has 2 aromatic rings. The Hall–Kier alpha value is -2.47. The van der Waals surface area contributed by atoms with Crippen LogP contribution in [0, 0.1) is 5.82 Å². The first-order valence-corrected chi connectivity index (χ1v) is 7.92. The number of ether oxygens (including phenoxy) is 1. The highest BCUT2D eigenvalue weighted by Gasteiger charge is 2.18. The third-order valence-corrected chi connectivity index (χ3v) is 4.02. The molecule has 0 bridgehead atoms. The number of hydrogen-bond donors (Lipinski definition) is 0. The molecule has 5 nitrogen and oxygen atoms in total. The largest absolute Gasteiger partial charge is 0.378 e. The molecular formula is C18H20FN3O2. The molecule has 0 spiro atoms. The number of benzene rings is 1. The van der Waals surface area contributed by atoms with Crippen molar-refractivity contribution in [1.29, 1.82) is 0 Å². The third kappa shape index (κ3) is 3.89. The van der Waals surface area contributed by atoms with Crippen LogP contribution in [0.15, 0.2) is 42.6 Å². The average molecular weight is 329 g/mol. The molecule has 0 saturated carbocycles. The molecule has 1 fully saturated rings. The number of carbonyl (C=O) groups is 1. The lowest BCUT2D eigenvalue weighted by molar-refractivity contribution is 0.0302. The maximum atomic E-state index is 13.0. The highest BCUT2D eigenvalue weighted by Crippen LogP contribution is 2.15. The smallest absolute Gasteiger partial charge is 0.255 e. The van der Waals surface area contributed by atoms with Crippen molar-refractivity contribution in [2.24, 2.45) is 0 Å². The number of amides is 1. The number of rotatable bonds is 4. The first-order valence-electron chi connectivity index (χ1n) is 7.92. The number of pyridine rings is 1.